The number of benzene rings is 2. The van der Waals surface area contributed by atoms with E-state index in [-0.39, 0.29) is 4.90 Å². The molecule has 5 nitrogen and oxygen atoms in total. The van der Waals surface area contributed by atoms with Gasteiger partial charge in [-0.25, -0.2) is 13.4 Å². The van der Waals surface area contributed by atoms with E-state index in [2.05, 4.69) is 23.6 Å². The van der Waals surface area contributed by atoms with Crippen LogP contribution in [0.25, 0.3) is 11.1 Å². The molecule has 6 heteroatoms. The van der Waals surface area contributed by atoms with Crippen molar-refractivity contribution in [3.8, 4) is 0 Å². The number of hydrogen-bond donors (Lipinski definition) is 1. The Bertz CT molecular complexity index is 942. The molecule has 3 rings (SSSR count). The van der Waals surface area contributed by atoms with Gasteiger partial charge in [0.25, 0.3) is 10.0 Å². The van der Waals surface area contributed by atoms with Crippen molar-refractivity contribution in [1.29, 1.82) is 0 Å². The molecule has 0 aliphatic carbocycles. The Balaban J connectivity index is 1.90. The molecule has 1 N–H and O–H groups in total. The SMILES string of the molecule is Cc1nc2ccc(S(=O)(=O)Nc3ccc(C(C)C)cc3)cc2o1. The number of aryl methyl sites for hydroxylation is 1. The van der Waals surface area contributed by atoms with E-state index in [4.69, 9.17) is 4.42 Å². The van der Waals surface area contributed by atoms with E-state index in [9.17, 15) is 8.42 Å². The van der Waals surface area contributed by atoms with Crippen LogP contribution in [0.15, 0.2) is 51.8 Å². The zero-order chi connectivity index (χ0) is 16.6. The first-order valence-corrected chi connectivity index (χ1v) is 8.83. The average Bonchev–Trinajstić information content (AvgIpc) is 2.86. The lowest BCUT2D eigenvalue weighted by Gasteiger charge is -2.10. The van der Waals surface area contributed by atoms with Crippen LogP contribution in [-0.4, -0.2) is 13.4 Å². The smallest absolute Gasteiger partial charge is 0.262 e. The van der Waals surface area contributed by atoms with E-state index in [1.165, 1.54) is 12.1 Å². The lowest BCUT2D eigenvalue weighted by atomic mass is 10.0. The Kier molecular flexibility index (Phi) is 3.85. The summed E-state index contributed by atoms with van der Waals surface area (Å²) in [5.41, 5.74) is 2.79. The second-order valence-corrected chi connectivity index (χ2v) is 7.43. The van der Waals surface area contributed by atoms with E-state index in [1.54, 1.807) is 25.1 Å². The van der Waals surface area contributed by atoms with Gasteiger partial charge in [0.2, 0.25) is 0 Å². The molecule has 1 aromatic heterocycles. The number of nitrogens with one attached hydrogen (secondary N) is 1. The third-order valence-corrected chi connectivity index (χ3v) is 4.99. The van der Waals surface area contributed by atoms with E-state index in [0.29, 0.717) is 28.6 Å². The fourth-order valence-electron chi connectivity index (χ4n) is 2.34. The van der Waals surface area contributed by atoms with Crippen LogP contribution in [0.5, 0.6) is 0 Å². The molecule has 0 amide bonds. The van der Waals surface area contributed by atoms with Crippen molar-refractivity contribution in [3.63, 3.8) is 0 Å². The van der Waals surface area contributed by atoms with Crippen LogP contribution >= 0.6 is 0 Å². The second-order valence-electron chi connectivity index (χ2n) is 5.74. The molecule has 0 spiro atoms. The molecule has 0 atom stereocenters. The number of nitrogens with zero attached hydrogens (tertiary/aromatic N) is 1. The number of aromatic nitrogens is 1. The fourth-order valence-corrected chi connectivity index (χ4v) is 3.41. The summed E-state index contributed by atoms with van der Waals surface area (Å²) in [6.45, 7) is 5.91. The largest absolute Gasteiger partial charge is 0.441 e. The van der Waals surface area contributed by atoms with Gasteiger partial charge in [-0.3, -0.25) is 4.72 Å². The predicted molar refractivity (Wildman–Crippen MR) is 90.1 cm³/mol. The van der Waals surface area contributed by atoms with Gasteiger partial charge in [0.05, 0.1) is 4.90 Å². The Morgan fingerprint density at radius 1 is 1.09 bits per heavy atom. The quantitative estimate of drug-likeness (QED) is 0.783. The number of oxazole rings is 1. The second kappa shape index (κ2) is 5.70. The first-order valence-electron chi connectivity index (χ1n) is 7.35. The molecule has 120 valence electrons. The van der Waals surface area contributed by atoms with Crippen molar-refractivity contribution in [2.24, 2.45) is 0 Å². The van der Waals surface area contributed by atoms with Gasteiger partial charge in [0.1, 0.15) is 5.52 Å². The minimum atomic E-state index is -3.67. The van der Waals surface area contributed by atoms with E-state index < -0.39 is 10.0 Å². The molecule has 0 aliphatic rings. The van der Waals surface area contributed by atoms with Crippen molar-refractivity contribution in [2.45, 2.75) is 31.6 Å². The van der Waals surface area contributed by atoms with Gasteiger partial charge in [-0.1, -0.05) is 26.0 Å². The van der Waals surface area contributed by atoms with E-state index in [1.807, 2.05) is 12.1 Å². The highest BCUT2D eigenvalue weighted by atomic mass is 32.2. The minimum absolute atomic E-state index is 0.147. The van der Waals surface area contributed by atoms with Crippen molar-refractivity contribution in [3.05, 3.63) is 53.9 Å². The van der Waals surface area contributed by atoms with Crippen LogP contribution in [0, 0.1) is 6.92 Å². The van der Waals surface area contributed by atoms with Crippen molar-refractivity contribution >= 4 is 26.8 Å². The summed E-state index contributed by atoms with van der Waals surface area (Å²) in [4.78, 5) is 4.31. The first kappa shape index (κ1) is 15.6. The summed E-state index contributed by atoms with van der Waals surface area (Å²) in [5.74, 6) is 0.907. The molecule has 0 saturated carbocycles. The molecule has 3 aromatic rings. The maximum Gasteiger partial charge on any atom is 0.262 e. The topological polar surface area (TPSA) is 72.2 Å². The Hall–Kier alpha value is -2.34. The Labute approximate surface area is 135 Å². The van der Waals surface area contributed by atoms with Crippen LogP contribution in [0.3, 0.4) is 0 Å². The third kappa shape index (κ3) is 3.22. The predicted octanol–water partition coefficient (Wildman–Crippen LogP) is 4.06. The van der Waals surface area contributed by atoms with Gasteiger partial charge in [0.15, 0.2) is 11.5 Å². The monoisotopic (exact) mass is 330 g/mol. The molecule has 0 unspecified atom stereocenters. The van der Waals surface area contributed by atoms with Crippen molar-refractivity contribution in [1.82, 2.24) is 4.98 Å². The van der Waals surface area contributed by atoms with Crippen LogP contribution in [0.2, 0.25) is 0 Å². The fraction of sp³-hybridized carbons (Fsp3) is 0.235. The van der Waals surface area contributed by atoms with Gasteiger partial charge in [-0.2, -0.15) is 0 Å². The summed E-state index contributed by atoms with van der Waals surface area (Å²) < 4.78 is 33.0. The molecule has 23 heavy (non-hydrogen) atoms. The normalized spacial score (nSPS) is 12.0. The van der Waals surface area contributed by atoms with E-state index >= 15 is 0 Å². The highest BCUT2D eigenvalue weighted by Crippen LogP contribution is 2.23. The highest BCUT2D eigenvalue weighted by Gasteiger charge is 2.16. The number of anilines is 1. The summed E-state index contributed by atoms with van der Waals surface area (Å²) in [5, 5.41) is 0. The molecule has 0 fully saturated rings. The van der Waals surface area contributed by atoms with Gasteiger partial charge in [-0.15, -0.1) is 0 Å². The molecular formula is C17H18N2O3S. The lowest BCUT2D eigenvalue weighted by molar-refractivity contribution is 0.559. The molecule has 0 radical (unpaired) electrons. The van der Waals surface area contributed by atoms with Crippen LogP contribution < -0.4 is 4.72 Å². The molecule has 0 bridgehead atoms. The molecule has 0 aliphatic heterocycles. The average molecular weight is 330 g/mol. The number of hydrogen-bond acceptors (Lipinski definition) is 4. The van der Waals surface area contributed by atoms with Crippen LogP contribution in [-0.2, 0) is 10.0 Å². The molecule has 0 saturated heterocycles. The Morgan fingerprint density at radius 2 is 1.78 bits per heavy atom. The van der Waals surface area contributed by atoms with Crippen LogP contribution in [0.1, 0.15) is 31.2 Å². The highest BCUT2D eigenvalue weighted by molar-refractivity contribution is 7.92. The minimum Gasteiger partial charge on any atom is -0.441 e. The van der Waals surface area contributed by atoms with Crippen LogP contribution in [0.4, 0.5) is 5.69 Å². The zero-order valence-electron chi connectivity index (χ0n) is 13.2. The first-order chi connectivity index (χ1) is 10.8. The zero-order valence-corrected chi connectivity index (χ0v) is 14.0. The summed E-state index contributed by atoms with van der Waals surface area (Å²) in [6, 6.07) is 12.0. The maximum absolute atomic E-state index is 12.5. The standard InChI is InChI=1S/C17H18N2O3S/c1-11(2)13-4-6-14(7-5-13)19-23(20,21)15-8-9-16-17(10-15)22-12(3)18-16/h4-11,19H,1-3H3. The molecular weight excluding hydrogens is 312 g/mol. The van der Waals surface area contributed by atoms with E-state index in [0.717, 1.165) is 5.56 Å². The van der Waals surface area contributed by atoms with Crippen molar-refractivity contribution < 1.29 is 12.8 Å². The molecule has 1 heterocycles. The number of rotatable bonds is 4. The molecule has 2 aromatic carbocycles. The number of fused-ring (bicyclic) bond motifs is 1. The van der Waals surface area contributed by atoms with Gasteiger partial charge in [-0.05, 0) is 35.7 Å². The lowest BCUT2D eigenvalue weighted by Crippen LogP contribution is -2.12. The number of sulfonamides is 1. The maximum atomic E-state index is 12.5. The van der Waals surface area contributed by atoms with Gasteiger partial charge in [0, 0.05) is 18.7 Å². The summed E-state index contributed by atoms with van der Waals surface area (Å²) >= 11 is 0. The Morgan fingerprint density at radius 3 is 2.43 bits per heavy atom. The summed E-state index contributed by atoms with van der Waals surface area (Å²) in [6.07, 6.45) is 0. The third-order valence-electron chi connectivity index (χ3n) is 3.61. The van der Waals surface area contributed by atoms with Gasteiger partial charge < -0.3 is 4.42 Å². The van der Waals surface area contributed by atoms with Gasteiger partial charge >= 0.3 is 0 Å². The summed E-state index contributed by atoms with van der Waals surface area (Å²) in [7, 11) is -3.67. The van der Waals surface area contributed by atoms with Crippen molar-refractivity contribution in [2.75, 3.05) is 4.72 Å².